The van der Waals surface area contributed by atoms with Gasteiger partial charge in [-0.15, -0.1) is 0 Å². The van der Waals surface area contributed by atoms with Crippen LogP contribution in [0.1, 0.15) is 11.1 Å². The summed E-state index contributed by atoms with van der Waals surface area (Å²) in [5, 5.41) is 0.663. The number of hydrogen-bond donors (Lipinski definition) is 0. The molecule has 2 atom stereocenters. The van der Waals surface area contributed by atoms with Gasteiger partial charge >= 0.3 is 0 Å². The topological polar surface area (TPSA) is 109 Å². The molecule has 8 nitrogen and oxygen atoms in total. The first-order valence-corrected chi connectivity index (χ1v) is 18.7. The normalized spacial score (nSPS) is 18.7. The third-order valence-electron chi connectivity index (χ3n) is 7.24. The molecule has 1 aliphatic heterocycles. The molecule has 0 spiro atoms. The van der Waals surface area contributed by atoms with Crippen LogP contribution in [0.15, 0.2) is 119 Å². The van der Waals surface area contributed by atoms with Crippen LogP contribution in [0.2, 0.25) is 10.0 Å². The minimum Gasteiger partial charge on any atom is -0.229 e. The third-order valence-corrected chi connectivity index (χ3v) is 13.2. The molecule has 0 unspecified atom stereocenters. The number of sulfonamides is 2. The number of sulfone groups is 1. The average Bonchev–Trinajstić information content (AvgIpc) is 3.30. The highest BCUT2D eigenvalue weighted by Gasteiger charge is 2.50. The maximum atomic E-state index is 14.2. The third kappa shape index (κ3) is 7.15. The summed E-state index contributed by atoms with van der Waals surface area (Å²) < 4.78 is 85.8. The molecule has 226 valence electrons. The van der Waals surface area contributed by atoms with E-state index in [0.29, 0.717) is 21.2 Å². The fourth-order valence-electron chi connectivity index (χ4n) is 5.13. The quantitative estimate of drug-likeness (QED) is 0.227. The smallest absolute Gasteiger partial charge is 0.229 e. The molecule has 0 radical (unpaired) electrons. The first-order chi connectivity index (χ1) is 20.4. The molecule has 0 bridgehead atoms. The zero-order valence-corrected chi connectivity index (χ0v) is 26.7. The predicted octanol–water partition coefficient (Wildman–Crippen LogP) is 5.24. The van der Waals surface area contributed by atoms with E-state index in [1.807, 2.05) is 0 Å². The highest BCUT2D eigenvalue weighted by molar-refractivity contribution is 7.92. The number of benzene rings is 4. The first kappa shape index (κ1) is 31.6. The lowest BCUT2D eigenvalue weighted by Crippen LogP contribution is -2.54. The monoisotopic (exact) mass is 678 g/mol. The summed E-state index contributed by atoms with van der Waals surface area (Å²) in [6, 6.07) is 26.1. The molecule has 4 aromatic rings. The fraction of sp³-hybridized carbons (Fsp3) is 0.200. The van der Waals surface area contributed by atoms with Crippen molar-refractivity contribution in [3.8, 4) is 0 Å². The Morgan fingerprint density at radius 2 is 0.884 bits per heavy atom. The van der Waals surface area contributed by atoms with Crippen molar-refractivity contribution in [1.82, 2.24) is 8.61 Å². The Kier molecular flexibility index (Phi) is 9.34. The number of nitrogens with zero attached hydrogens (tertiary/aromatic N) is 2. The molecule has 1 fully saturated rings. The van der Waals surface area contributed by atoms with Gasteiger partial charge in [0.05, 0.1) is 33.4 Å². The Balaban J connectivity index is 1.67. The fourth-order valence-corrected chi connectivity index (χ4v) is 10.8. The minimum atomic E-state index is -4.33. The summed E-state index contributed by atoms with van der Waals surface area (Å²) in [4.78, 5) is -0.183. The van der Waals surface area contributed by atoms with Crippen molar-refractivity contribution in [3.05, 3.63) is 130 Å². The molecule has 0 aliphatic carbocycles. The molecule has 5 rings (SSSR count). The first-order valence-electron chi connectivity index (χ1n) is 13.2. The van der Waals surface area contributed by atoms with E-state index in [1.165, 1.54) is 48.5 Å². The van der Waals surface area contributed by atoms with Gasteiger partial charge < -0.3 is 0 Å². The van der Waals surface area contributed by atoms with E-state index in [-0.39, 0.29) is 22.9 Å². The lowest BCUT2D eigenvalue weighted by molar-refractivity contribution is 0.219. The molecule has 1 saturated heterocycles. The number of hydrogen-bond acceptors (Lipinski definition) is 6. The van der Waals surface area contributed by atoms with E-state index in [1.54, 1.807) is 60.7 Å². The molecule has 0 N–H and O–H groups in total. The Bertz CT molecular complexity index is 1760. The Morgan fingerprint density at radius 1 is 0.558 bits per heavy atom. The van der Waals surface area contributed by atoms with Crippen LogP contribution >= 0.6 is 23.2 Å². The average molecular weight is 680 g/mol. The van der Waals surface area contributed by atoms with Crippen LogP contribution < -0.4 is 0 Å². The highest BCUT2D eigenvalue weighted by atomic mass is 35.5. The van der Waals surface area contributed by atoms with Gasteiger partial charge in [-0.3, -0.25) is 0 Å². The van der Waals surface area contributed by atoms with E-state index < -0.39 is 53.5 Å². The maximum Gasteiger partial charge on any atom is 0.243 e. The summed E-state index contributed by atoms with van der Waals surface area (Å²) in [7, 11) is -12.5. The largest absolute Gasteiger partial charge is 0.243 e. The summed E-state index contributed by atoms with van der Waals surface area (Å²) >= 11 is 12.1. The lowest BCUT2D eigenvalue weighted by atomic mass is 10.1. The predicted molar refractivity (Wildman–Crippen MR) is 167 cm³/mol. The zero-order valence-electron chi connectivity index (χ0n) is 22.7. The maximum absolute atomic E-state index is 14.2. The van der Waals surface area contributed by atoms with Gasteiger partial charge in [-0.1, -0.05) is 83.9 Å². The number of rotatable bonds is 10. The molecule has 4 aromatic carbocycles. The second-order valence-electron chi connectivity index (χ2n) is 10.2. The summed E-state index contributed by atoms with van der Waals surface area (Å²) in [5.41, 5.74) is 1.22. The van der Waals surface area contributed by atoms with E-state index in [2.05, 4.69) is 0 Å². The van der Waals surface area contributed by atoms with Crippen LogP contribution in [0.4, 0.5) is 0 Å². The van der Waals surface area contributed by atoms with Crippen molar-refractivity contribution in [2.75, 3.05) is 11.5 Å². The van der Waals surface area contributed by atoms with Crippen molar-refractivity contribution < 1.29 is 25.3 Å². The van der Waals surface area contributed by atoms with Crippen LogP contribution in [0.3, 0.4) is 0 Å². The van der Waals surface area contributed by atoms with E-state index in [4.69, 9.17) is 23.2 Å². The molecule has 0 saturated carbocycles. The van der Waals surface area contributed by atoms with E-state index >= 15 is 0 Å². The molecule has 1 aliphatic rings. The van der Waals surface area contributed by atoms with Crippen molar-refractivity contribution in [3.63, 3.8) is 0 Å². The van der Waals surface area contributed by atoms with Crippen LogP contribution in [0.5, 0.6) is 0 Å². The standard InChI is InChI=1S/C30H28Cl2N2O6S3/c31-25-11-15-27(16-12-25)42(37,38)33(19-23-7-3-1-4-8-23)29-21-41(35,36)22-30(29)34(20-24-9-5-2-6-10-24)43(39,40)28-17-13-26(32)14-18-28/h1-18,29-30H,19-22H2/t29-,30-/m1/s1. The van der Waals surface area contributed by atoms with E-state index in [9.17, 15) is 25.3 Å². The van der Waals surface area contributed by atoms with Crippen LogP contribution in [0.25, 0.3) is 0 Å². The highest BCUT2D eigenvalue weighted by Crippen LogP contribution is 2.34. The van der Waals surface area contributed by atoms with Gasteiger partial charge in [0.2, 0.25) is 20.0 Å². The van der Waals surface area contributed by atoms with E-state index in [0.717, 1.165) is 8.61 Å². The van der Waals surface area contributed by atoms with Gasteiger partial charge in [-0.2, -0.15) is 8.61 Å². The van der Waals surface area contributed by atoms with Crippen LogP contribution in [-0.2, 0) is 43.0 Å². The van der Waals surface area contributed by atoms with Gasteiger partial charge in [0.1, 0.15) is 0 Å². The Labute approximate surface area is 262 Å². The van der Waals surface area contributed by atoms with Crippen molar-refractivity contribution >= 4 is 53.1 Å². The van der Waals surface area contributed by atoms with Gasteiger partial charge in [-0.25, -0.2) is 25.3 Å². The minimum absolute atomic E-state index is 0.0916. The van der Waals surface area contributed by atoms with Gasteiger partial charge in [0.25, 0.3) is 0 Å². The Hall–Kier alpha value is -2.77. The van der Waals surface area contributed by atoms with Crippen molar-refractivity contribution in [1.29, 1.82) is 0 Å². The lowest BCUT2D eigenvalue weighted by Gasteiger charge is -2.36. The second-order valence-corrected chi connectivity index (χ2v) is 17.0. The molecular weight excluding hydrogens is 651 g/mol. The molecule has 0 amide bonds. The van der Waals surface area contributed by atoms with Gasteiger partial charge in [0.15, 0.2) is 9.84 Å². The molecule has 1 heterocycles. The molecule has 0 aromatic heterocycles. The van der Waals surface area contributed by atoms with Crippen molar-refractivity contribution in [2.24, 2.45) is 0 Å². The Morgan fingerprint density at radius 3 is 1.21 bits per heavy atom. The molecule has 43 heavy (non-hydrogen) atoms. The second kappa shape index (κ2) is 12.7. The van der Waals surface area contributed by atoms with Gasteiger partial charge in [-0.05, 0) is 59.7 Å². The van der Waals surface area contributed by atoms with Gasteiger partial charge in [0, 0.05) is 23.1 Å². The summed E-state index contributed by atoms with van der Waals surface area (Å²) in [6.07, 6.45) is 0. The summed E-state index contributed by atoms with van der Waals surface area (Å²) in [6.45, 7) is -0.356. The van der Waals surface area contributed by atoms with Crippen LogP contribution in [-0.4, -0.2) is 57.5 Å². The molecular formula is C30H28Cl2N2O6S3. The zero-order chi connectivity index (χ0) is 30.8. The molecule has 13 heteroatoms. The number of halogens is 2. The summed E-state index contributed by atoms with van der Waals surface area (Å²) in [5.74, 6) is -1.11. The van der Waals surface area contributed by atoms with Crippen molar-refractivity contribution in [2.45, 2.75) is 35.0 Å². The SMILES string of the molecule is O=S1(=O)C[C@@H](N(Cc2ccccc2)S(=O)(=O)c2ccc(Cl)cc2)[C@H](N(Cc2ccccc2)S(=O)(=O)c2ccc(Cl)cc2)C1. The van der Waals surface area contributed by atoms with Crippen LogP contribution in [0, 0.1) is 0 Å².